The molecule has 3 heteroatoms. The highest BCUT2D eigenvalue weighted by Crippen LogP contribution is 2.17. The molecule has 0 amide bonds. The van der Waals surface area contributed by atoms with Gasteiger partial charge in [-0.2, -0.15) is 0 Å². The summed E-state index contributed by atoms with van der Waals surface area (Å²) in [5, 5.41) is 1.45. The lowest BCUT2D eigenvalue weighted by Gasteiger charge is -2.36. The fourth-order valence-corrected chi connectivity index (χ4v) is 4.53. The molecule has 30 heavy (non-hydrogen) atoms. The van der Waals surface area contributed by atoms with Crippen molar-refractivity contribution in [3.63, 3.8) is 0 Å². The fraction of sp³-hybridized carbons (Fsp3) is 0.407. The zero-order valence-electron chi connectivity index (χ0n) is 19.7. The van der Waals surface area contributed by atoms with Crippen molar-refractivity contribution in [1.29, 1.82) is 0 Å². The first kappa shape index (κ1) is 24.4. The van der Waals surface area contributed by atoms with E-state index in [1.165, 1.54) is 33.3 Å². The Balaban J connectivity index is 0.00000155. The highest BCUT2D eigenvalue weighted by atomic mass is 31.1. The number of hydrogen-bond acceptors (Lipinski definition) is 2. The minimum atomic E-state index is 0.826. The van der Waals surface area contributed by atoms with Gasteiger partial charge in [-0.3, -0.25) is 4.90 Å². The van der Waals surface area contributed by atoms with Crippen LogP contribution in [0.15, 0.2) is 60.3 Å². The SMILES string of the molecule is C/C=C(/C=C/c1ccc(C)cc1PC)N1CCN(Cc2ccc(C)cc2)CC1.CC. The summed E-state index contributed by atoms with van der Waals surface area (Å²) in [5.41, 5.74) is 6.78. The minimum absolute atomic E-state index is 0.826. The summed E-state index contributed by atoms with van der Waals surface area (Å²) < 4.78 is 0. The van der Waals surface area contributed by atoms with Gasteiger partial charge in [0.15, 0.2) is 0 Å². The molecule has 0 spiro atoms. The zero-order valence-corrected chi connectivity index (χ0v) is 20.7. The van der Waals surface area contributed by atoms with E-state index in [2.05, 4.69) is 97.9 Å². The summed E-state index contributed by atoms with van der Waals surface area (Å²) in [4.78, 5) is 5.08. The Kier molecular flexibility index (Phi) is 10.3. The van der Waals surface area contributed by atoms with Crippen LogP contribution in [0.5, 0.6) is 0 Å². The van der Waals surface area contributed by atoms with Crippen LogP contribution in [0.1, 0.15) is 43.0 Å². The highest BCUT2D eigenvalue weighted by molar-refractivity contribution is 7.46. The number of nitrogens with zero attached hydrogens (tertiary/aromatic N) is 2. The maximum atomic E-state index is 2.56. The molecule has 1 unspecified atom stereocenters. The molecule has 162 valence electrons. The Bertz CT molecular complexity index is 828. The van der Waals surface area contributed by atoms with Gasteiger partial charge in [-0.15, -0.1) is 0 Å². The second-order valence-corrected chi connectivity index (χ2v) is 8.68. The van der Waals surface area contributed by atoms with Crippen molar-refractivity contribution in [3.05, 3.63) is 82.6 Å². The zero-order chi connectivity index (χ0) is 21.9. The predicted octanol–water partition coefficient (Wildman–Crippen LogP) is 6.00. The molecule has 1 aliphatic heterocycles. The molecule has 3 rings (SSSR count). The van der Waals surface area contributed by atoms with Crippen molar-refractivity contribution in [2.45, 2.75) is 41.2 Å². The van der Waals surface area contributed by atoms with E-state index in [1.54, 1.807) is 0 Å². The van der Waals surface area contributed by atoms with E-state index in [9.17, 15) is 0 Å². The highest BCUT2D eigenvalue weighted by Gasteiger charge is 2.17. The molecule has 1 heterocycles. The standard InChI is InChI=1S/C25H33N2P.C2H6/c1-5-24(13-12-23-11-8-21(3)18-25(23)28-4)27-16-14-26(15-17-27)19-22-9-6-20(2)7-10-22;1-2/h5-13,18,28H,14-17,19H2,1-4H3;1-2H3/b13-12+,24-5-;. The first-order chi connectivity index (χ1) is 14.6. The Morgan fingerprint density at radius 3 is 2.17 bits per heavy atom. The van der Waals surface area contributed by atoms with Crippen molar-refractivity contribution in [2.24, 2.45) is 0 Å². The van der Waals surface area contributed by atoms with Gasteiger partial charge in [0, 0.05) is 38.4 Å². The van der Waals surface area contributed by atoms with Gasteiger partial charge in [-0.25, -0.2) is 0 Å². The summed E-state index contributed by atoms with van der Waals surface area (Å²) >= 11 is 0. The summed E-state index contributed by atoms with van der Waals surface area (Å²) in [7, 11) is 0.826. The smallest absolute Gasteiger partial charge is 0.0323 e. The average molecular weight is 423 g/mol. The number of allylic oxidation sites excluding steroid dienone is 2. The molecule has 2 aromatic carbocycles. The molecule has 0 aliphatic carbocycles. The van der Waals surface area contributed by atoms with Crippen molar-refractivity contribution in [2.75, 3.05) is 32.8 Å². The van der Waals surface area contributed by atoms with Gasteiger partial charge < -0.3 is 4.90 Å². The number of hydrogen-bond donors (Lipinski definition) is 0. The molecule has 0 saturated carbocycles. The molecule has 2 aromatic rings. The predicted molar refractivity (Wildman–Crippen MR) is 137 cm³/mol. The number of rotatable bonds is 6. The molecule has 2 nitrogen and oxygen atoms in total. The quantitative estimate of drug-likeness (QED) is 0.416. The lowest BCUT2D eigenvalue weighted by molar-refractivity contribution is 0.155. The van der Waals surface area contributed by atoms with Crippen LogP contribution in [0.25, 0.3) is 6.08 Å². The second kappa shape index (κ2) is 12.7. The van der Waals surface area contributed by atoms with Crippen LogP contribution in [0.3, 0.4) is 0 Å². The molecule has 0 N–H and O–H groups in total. The summed E-state index contributed by atoms with van der Waals surface area (Å²) in [6.45, 7) is 18.2. The molecule has 0 aromatic heterocycles. The Labute approximate surface area is 186 Å². The van der Waals surface area contributed by atoms with Crippen LogP contribution >= 0.6 is 8.58 Å². The third-order valence-electron chi connectivity index (χ3n) is 5.47. The minimum Gasteiger partial charge on any atom is -0.369 e. The normalized spacial score (nSPS) is 15.7. The molecule has 1 fully saturated rings. The maximum absolute atomic E-state index is 2.56. The van der Waals surface area contributed by atoms with Gasteiger partial charge in [-0.05, 0) is 49.9 Å². The van der Waals surface area contributed by atoms with Crippen LogP contribution in [-0.2, 0) is 6.54 Å². The van der Waals surface area contributed by atoms with Crippen molar-refractivity contribution < 1.29 is 0 Å². The fourth-order valence-electron chi connectivity index (χ4n) is 3.71. The molecule has 1 atom stereocenters. The van der Waals surface area contributed by atoms with Crippen LogP contribution in [-0.4, -0.2) is 42.6 Å². The molecular formula is C27H39N2P. The van der Waals surface area contributed by atoms with Gasteiger partial charge in [0.25, 0.3) is 0 Å². The maximum Gasteiger partial charge on any atom is 0.0323 e. The van der Waals surface area contributed by atoms with Gasteiger partial charge in [0.2, 0.25) is 0 Å². The number of benzene rings is 2. The Hall–Kier alpha value is -1.89. The topological polar surface area (TPSA) is 6.48 Å². The van der Waals surface area contributed by atoms with Crippen LogP contribution < -0.4 is 5.30 Å². The van der Waals surface area contributed by atoms with Crippen LogP contribution in [0.2, 0.25) is 0 Å². The van der Waals surface area contributed by atoms with Gasteiger partial charge >= 0.3 is 0 Å². The van der Waals surface area contributed by atoms with E-state index in [-0.39, 0.29) is 0 Å². The lowest BCUT2D eigenvalue weighted by Crippen LogP contribution is -2.45. The molecule has 1 aliphatic rings. The Morgan fingerprint density at radius 1 is 0.933 bits per heavy atom. The van der Waals surface area contributed by atoms with Crippen molar-refractivity contribution in [1.82, 2.24) is 9.80 Å². The van der Waals surface area contributed by atoms with Crippen molar-refractivity contribution >= 4 is 20.0 Å². The second-order valence-electron chi connectivity index (χ2n) is 7.64. The molecular weight excluding hydrogens is 383 g/mol. The van der Waals surface area contributed by atoms with E-state index >= 15 is 0 Å². The Morgan fingerprint density at radius 2 is 1.57 bits per heavy atom. The third kappa shape index (κ3) is 7.11. The lowest BCUT2D eigenvalue weighted by atomic mass is 10.1. The first-order valence-electron chi connectivity index (χ1n) is 11.2. The average Bonchev–Trinajstić information content (AvgIpc) is 2.79. The molecule has 0 bridgehead atoms. The summed E-state index contributed by atoms with van der Waals surface area (Å²) in [6.07, 6.45) is 6.83. The van der Waals surface area contributed by atoms with Gasteiger partial charge in [0.05, 0.1) is 0 Å². The van der Waals surface area contributed by atoms with E-state index < -0.39 is 0 Å². The van der Waals surface area contributed by atoms with E-state index in [1.807, 2.05) is 13.8 Å². The van der Waals surface area contributed by atoms with E-state index in [0.717, 1.165) is 41.3 Å². The largest absolute Gasteiger partial charge is 0.369 e. The van der Waals surface area contributed by atoms with Gasteiger partial charge in [0.1, 0.15) is 0 Å². The van der Waals surface area contributed by atoms with Crippen LogP contribution in [0, 0.1) is 13.8 Å². The number of piperazine rings is 1. The molecule has 1 saturated heterocycles. The van der Waals surface area contributed by atoms with Crippen LogP contribution in [0.4, 0.5) is 0 Å². The third-order valence-corrected chi connectivity index (χ3v) is 6.44. The summed E-state index contributed by atoms with van der Waals surface area (Å²) in [5.74, 6) is 0. The first-order valence-corrected chi connectivity index (χ1v) is 12.7. The monoisotopic (exact) mass is 422 g/mol. The molecule has 0 radical (unpaired) electrons. The summed E-state index contributed by atoms with van der Waals surface area (Å²) in [6, 6.07) is 15.7. The van der Waals surface area contributed by atoms with Crippen molar-refractivity contribution in [3.8, 4) is 0 Å². The number of aryl methyl sites for hydroxylation is 2. The van der Waals surface area contributed by atoms with Gasteiger partial charge in [-0.1, -0.05) is 88.2 Å². The van der Waals surface area contributed by atoms with E-state index in [4.69, 9.17) is 0 Å². The van der Waals surface area contributed by atoms with E-state index in [0.29, 0.717) is 0 Å².